The van der Waals surface area contributed by atoms with Gasteiger partial charge in [-0.05, 0) is 93.2 Å². The summed E-state index contributed by atoms with van der Waals surface area (Å²) in [6.45, 7) is 6.72. The fourth-order valence-corrected chi connectivity index (χ4v) is 9.20. The Hall–Kier alpha value is -4.83. The lowest BCUT2D eigenvalue weighted by molar-refractivity contribution is -0.254. The van der Waals surface area contributed by atoms with E-state index in [1.165, 1.54) is 12.0 Å². The molecule has 2 aliphatic carbocycles. The van der Waals surface area contributed by atoms with Crippen molar-refractivity contribution in [3.8, 4) is 23.0 Å². The molecule has 15 nitrogen and oxygen atoms in total. The summed E-state index contributed by atoms with van der Waals surface area (Å²) in [5.74, 6) is -0.560. The van der Waals surface area contributed by atoms with Gasteiger partial charge in [0.1, 0.15) is 29.0 Å². The van der Waals surface area contributed by atoms with Gasteiger partial charge in [-0.1, -0.05) is 30.1 Å². The van der Waals surface area contributed by atoms with E-state index in [4.69, 9.17) is 43.2 Å². The number of carbonyl (C=O) groups excluding carboxylic acids is 2. The number of amides is 2. The van der Waals surface area contributed by atoms with Crippen LogP contribution in [0.25, 0.3) is 0 Å². The number of allylic oxidation sites excluding steroid dienone is 1. The zero-order valence-electron chi connectivity index (χ0n) is 35.3. The zero-order valence-corrected chi connectivity index (χ0v) is 35.3. The van der Waals surface area contributed by atoms with E-state index in [2.05, 4.69) is 18.0 Å². The van der Waals surface area contributed by atoms with E-state index < -0.39 is 36.2 Å². The molecule has 1 saturated heterocycles. The average Bonchev–Trinajstić information content (AvgIpc) is 3.26. The van der Waals surface area contributed by atoms with Gasteiger partial charge in [-0.3, -0.25) is 5.32 Å². The zero-order chi connectivity index (χ0) is 42.6. The van der Waals surface area contributed by atoms with Crippen LogP contribution in [-0.2, 0) is 19.0 Å². The molecule has 328 valence electrons. The molecule has 2 heterocycles. The molecule has 15 heteroatoms. The highest BCUT2D eigenvalue weighted by atomic mass is 16.8. The molecule has 2 aromatic rings. The summed E-state index contributed by atoms with van der Waals surface area (Å²) in [4.78, 5) is 34.8. The maximum Gasteiger partial charge on any atom is 0.417 e. The van der Waals surface area contributed by atoms with E-state index in [9.17, 15) is 19.8 Å². The Balaban J connectivity index is 1.50. The smallest absolute Gasteiger partial charge is 0.417 e. The van der Waals surface area contributed by atoms with E-state index in [1.807, 2.05) is 6.07 Å². The number of aliphatic hydroxyl groups excluding tert-OH is 2. The van der Waals surface area contributed by atoms with Crippen LogP contribution in [0.5, 0.6) is 23.0 Å². The van der Waals surface area contributed by atoms with Crippen LogP contribution in [0.4, 0.5) is 15.3 Å². The second-order valence-electron chi connectivity index (χ2n) is 15.6. The molecule has 6 rings (SSSR count). The number of fused-ring (bicyclic) bond motifs is 2. The lowest BCUT2D eigenvalue weighted by atomic mass is 9.55. The van der Waals surface area contributed by atoms with Gasteiger partial charge >= 0.3 is 12.2 Å². The largest absolute Gasteiger partial charge is 0.497 e. The van der Waals surface area contributed by atoms with E-state index >= 15 is 0 Å². The highest BCUT2D eigenvalue weighted by Gasteiger charge is 2.65. The first-order valence-electron chi connectivity index (χ1n) is 21.2. The molecule has 2 fully saturated rings. The van der Waals surface area contributed by atoms with Crippen molar-refractivity contribution in [1.82, 2.24) is 4.90 Å². The van der Waals surface area contributed by atoms with Crippen molar-refractivity contribution in [2.24, 2.45) is 22.9 Å². The van der Waals surface area contributed by atoms with Crippen LogP contribution in [0.1, 0.15) is 82.6 Å². The summed E-state index contributed by atoms with van der Waals surface area (Å²) in [6.07, 6.45) is 9.30. The fourth-order valence-electron chi connectivity index (χ4n) is 9.20. The molecule has 1 saturated carbocycles. The van der Waals surface area contributed by atoms with Crippen LogP contribution in [0.2, 0.25) is 0 Å². The highest BCUT2D eigenvalue weighted by molar-refractivity contribution is 6.03. The van der Waals surface area contributed by atoms with Crippen LogP contribution in [0.15, 0.2) is 65.9 Å². The summed E-state index contributed by atoms with van der Waals surface area (Å²) in [6, 6.07) is 9.59. The third-order valence-electron chi connectivity index (χ3n) is 11.9. The number of benzene rings is 2. The number of rotatable bonds is 19. The van der Waals surface area contributed by atoms with Crippen molar-refractivity contribution >= 4 is 23.6 Å². The number of unbranched alkanes of at least 4 members (excludes halogenated alkanes) is 2. The molecule has 7 unspecified atom stereocenters. The van der Waals surface area contributed by atoms with Gasteiger partial charge < -0.3 is 53.1 Å². The predicted octanol–water partition coefficient (Wildman–Crippen LogP) is 7.56. The second-order valence-corrected chi connectivity index (χ2v) is 15.6. The van der Waals surface area contributed by atoms with Crippen molar-refractivity contribution < 1.29 is 57.8 Å². The molecule has 4 aliphatic rings. The minimum atomic E-state index is -1.45. The van der Waals surface area contributed by atoms with Gasteiger partial charge in [0.2, 0.25) is 12.1 Å². The molecule has 60 heavy (non-hydrogen) atoms. The summed E-state index contributed by atoms with van der Waals surface area (Å²) < 4.78 is 42.2. The molecule has 3 N–H and O–H groups in total. The number of aliphatic hydroxyl groups is 2. The monoisotopic (exact) mass is 835 g/mol. The maximum atomic E-state index is 13.7. The van der Waals surface area contributed by atoms with Gasteiger partial charge in [0.25, 0.3) is 0 Å². The topological polar surface area (TPSA) is 176 Å². The maximum absolute atomic E-state index is 13.7. The van der Waals surface area contributed by atoms with Crippen molar-refractivity contribution in [3.05, 3.63) is 66.3 Å². The van der Waals surface area contributed by atoms with Gasteiger partial charge in [-0.25, -0.2) is 9.59 Å². The van der Waals surface area contributed by atoms with Crippen LogP contribution in [-0.4, -0.2) is 105 Å². The quantitative estimate of drug-likeness (QED) is 0.0721. The Morgan fingerprint density at radius 3 is 2.52 bits per heavy atom. The summed E-state index contributed by atoms with van der Waals surface area (Å²) in [5, 5.41) is 27.4. The number of ether oxygens (including phenoxy) is 7. The minimum absolute atomic E-state index is 0.0143. The van der Waals surface area contributed by atoms with Gasteiger partial charge in [0.15, 0.2) is 0 Å². The molecule has 2 aromatic carbocycles. The number of likely N-dealkylation sites (N-methyl/N-ethyl adjacent to an activating group) is 1. The average molecular weight is 836 g/mol. The normalized spacial score (nSPS) is 26.0. The number of carbonyl (C=O) groups is 2. The number of methoxy groups -OCH3 is 2. The third-order valence-corrected chi connectivity index (χ3v) is 11.9. The summed E-state index contributed by atoms with van der Waals surface area (Å²) >= 11 is 0. The first-order chi connectivity index (χ1) is 29.2. The Morgan fingerprint density at radius 2 is 1.82 bits per heavy atom. The van der Waals surface area contributed by atoms with E-state index in [0.717, 1.165) is 49.7 Å². The van der Waals surface area contributed by atoms with Crippen LogP contribution in [0, 0.1) is 17.8 Å². The van der Waals surface area contributed by atoms with E-state index in [-0.39, 0.29) is 56.4 Å². The molecule has 0 aromatic heterocycles. The van der Waals surface area contributed by atoms with Crippen LogP contribution < -0.4 is 24.3 Å². The molecule has 0 spiro atoms. The lowest BCUT2D eigenvalue weighted by Crippen LogP contribution is -2.69. The predicted molar refractivity (Wildman–Crippen MR) is 224 cm³/mol. The van der Waals surface area contributed by atoms with Gasteiger partial charge in [0.05, 0.1) is 51.4 Å². The second kappa shape index (κ2) is 21.1. The number of hydrogen-bond acceptors (Lipinski definition) is 13. The first kappa shape index (κ1) is 44.7. The molecular weight excluding hydrogens is 775 g/mol. The Kier molecular flexibility index (Phi) is 15.7. The fraction of sp³-hybridized carbons (Fsp3) is 0.578. The summed E-state index contributed by atoms with van der Waals surface area (Å²) in [7, 11) is 4.73. The van der Waals surface area contributed by atoms with Crippen molar-refractivity contribution in [2.45, 2.75) is 95.2 Å². The van der Waals surface area contributed by atoms with Crippen molar-refractivity contribution in [1.29, 1.82) is 0 Å². The van der Waals surface area contributed by atoms with Crippen LogP contribution >= 0.6 is 0 Å². The number of oxime groups is 1. The molecule has 2 aliphatic heterocycles. The van der Waals surface area contributed by atoms with E-state index in [0.29, 0.717) is 54.5 Å². The van der Waals surface area contributed by atoms with Crippen molar-refractivity contribution in [2.75, 3.05) is 59.6 Å². The van der Waals surface area contributed by atoms with Gasteiger partial charge in [0, 0.05) is 50.7 Å². The molecular formula is C45H61N3O12. The number of hydrogen-bond donors (Lipinski definition) is 3. The van der Waals surface area contributed by atoms with Crippen molar-refractivity contribution in [3.63, 3.8) is 0 Å². The van der Waals surface area contributed by atoms with E-state index in [1.54, 1.807) is 57.5 Å². The minimum Gasteiger partial charge on any atom is -0.497 e. The molecule has 7 atom stereocenters. The standard InChI is InChI=1S/C45H61N3O12/c1-6-23-57-45-39(48(3)44(52)55-7-2)28-36(47-60-40-16-10-13-24-56-40)33-25-29(14-8-11-21-49)32(15-9-12-22-50)41(42(33)45)34-26-31(18-20-37(34)59-45)58-43(51)46-35-19-17-30(53-4)27-38(35)54-5/h6,17-20,25-27,29,32,39-42,49-50H,1,7-16,21-24,28H2,2-5H3,(H,46,51). The highest BCUT2D eigenvalue weighted by Crippen LogP contribution is 2.62. The SMILES string of the molecule is C=CCOC12Oc3ccc(OC(=O)Nc4ccc(OC)cc4OC)cc3C3C(CCCCO)C(CCCCO)C=C(C(=NOC4CCCCO4)CC1N(C)C(=O)OCC)C32. The number of nitrogens with zero attached hydrogens (tertiary/aromatic N) is 2. The van der Waals surface area contributed by atoms with Crippen LogP contribution in [0.3, 0.4) is 0 Å². The molecule has 2 amide bonds. The van der Waals surface area contributed by atoms with Gasteiger partial charge in [-0.15, -0.1) is 6.58 Å². The first-order valence-corrected chi connectivity index (χ1v) is 21.2. The Morgan fingerprint density at radius 1 is 1.03 bits per heavy atom. The molecule has 0 bridgehead atoms. The third kappa shape index (κ3) is 9.86. The van der Waals surface area contributed by atoms with Gasteiger partial charge in [-0.2, -0.15) is 0 Å². The Bertz CT molecular complexity index is 1850. The number of anilines is 1. The lowest BCUT2D eigenvalue weighted by Gasteiger charge is -2.59. The number of nitrogens with one attached hydrogen (secondary N) is 1. The molecule has 0 radical (unpaired) electrons. The Labute approximate surface area is 352 Å². The summed E-state index contributed by atoms with van der Waals surface area (Å²) in [5.41, 5.74) is 2.72.